The third-order valence-corrected chi connectivity index (χ3v) is 4.55. The van der Waals surface area contributed by atoms with Gasteiger partial charge >= 0.3 is 0 Å². The van der Waals surface area contributed by atoms with E-state index < -0.39 is 5.41 Å². The van der Waals surface area contributed by atoms with Crippen molar-refractivity contribution in [2.75, 3.05) is 5.32 Å². The van der Waals surface area contributed by atoms with Gasteiger partial charge in [-0.2, -0.15) is 0 Å². The van der Waals surface area contributed by atoms with Crippen molar-refractivity contribution in [3.63, 3.8) is 0 Å². The third-order valence-electron chi connectivity index (χ3n) is 4.55. The summed E-state index contributed by atoms with van der Waals surface area (Å²) >= 11 is 0. The van der Waals surface area contributed by atoms with Crippen LogP contribution in [0, 0.1) is 6.92 Å². The molecule has 0 saturated carbocycles. The van der Waals surface area contributed by atoms with E-state index in [0.717, 1.165) is 22.4 Å². The van der Waals surface area contributed by atoms with Crippen LogP contribution < -0.4 is 10.6 Å². The standard InChI is InChI=1S/C20H22N2O2/c1-13-4-6-14(7-5-13)12-21-18(23)11-15-8-9-17-16(10-15)20(2,3)19(24)22-17/h4-10H,11-12H2,1-3H3,(H,21,23)(H,22,24). The van der Waals surface area contributed by atoms with Crippen LogP contribution in [0.4, 0.5) is 5.69 Å². The van der Waals surface area contributed by atoms with Crippen molar-refractivity contribution in [1.29, 1.82) is 0 Å². The quantitative estimate of drug-likeness (QED) is 0.909. The van der Waals surface area contributed by atoms with E-state index in [4.69, 9.17) is 0 Å². The molecule has 0 unspecified atom stereocenters. The van der Waals surface area contributed by atoms with E-state index in [2.05, 4.69) is 10.6 Å². The first kappa shape index (κ1) is 16.2. The van der Waals surface area contributed by atoms with E-state index in [1.54, 1.807) is 0 Å². The van der Waals surface area contributed by atoms with E-state index in [0.29, 0.717) is 13.0 Å². The van der Waals surface area contributed by atoms with Crippen LogP contribution in [0.25, 0.3) is 0 Å². The van der Waals surface area contributed by atoms with Crippen molar-refractivity contribution in [3.8, 4) is 0 Å². The van der Waals surface area contributed by atoms with Crippen molar-refractivity contribution in [2.45, 2.75) is 39.2 Å². The normalized spacial score (nSPS) is 14.9. The molecule has 2 N–H and O–H groups in total. The number of carbonyl (C=O) groups is 2. The maximum atomic E-state index is 12.2. The minimum absolute atomic E-state index is 0.00141. The molecule has 2 amide bonds. The SMILES string of the molecule is Cc1ccc(CNC(=O)Cc2ccc3c(c2)C(C)(C)C(=O)N3)cc1. The molecule has 0 saturated heterocycles. The van der Waals surface area contributed by atoms with E-state index in [1.165, 1.54) is 5.56 Å². The number of nitrogens with one attached hydrogen (secondary N) is 2. The zero-order chi connectivity index (χ0) is 17.3. The highest BCUT2D eigenvalue weighted by Crippen LogP contribution is 2.37. The first-order valence-corrected chi connectivity index (χ1v) is 8.13. The van der Waals surface area contributed by atoms with Gasteiger partial charge in [-0.1, -0.05) is 42.0 Å². The van der Waals surface area contributed by atoms with Crippen LogP contribution in [0.3, 0.4) is 0 Å². The van der Waals surface area contributed by atoms with Gasteiger partial charge in [0.1, 0.15) is 0 Å². The number of hydrogen-bond acceptors (Lipinski definition) is 2. The molecule has 4 heteroatoms. The topological polar surface area (TPSA) is 58.2 Å². The summed E-state index contributed by atoms with van der Waals surface area (Å²) in [5.41, 5.74) is 4.45. The molecular formula is C20H22N2O2. The molecule has 2 aromatic carbocycles. The van der Waals surface area contributed by atoms with Crippen LogP contribution >= 0.6 is 0 Å². The van der Waals surface area contributed by atoms with E-state index in [1.807, 2.05) is 63.2 Å². The monoisotopic (exact) mass is 322 g/mol. The van der Waals surface area contributed by atoms with Crippen molar-refractivity contribution < 1.29 is 9.59 Å². The second kappa shape index (κ2) is 6.11. The number of rotatable bonds is 4. The molecule has 1 aliphatic heterocycles. The Kier molecular flexibility index (Phi) is 4.14. The molecule has 4 nitrogen and oxygen atoms in total. The fourth-order valence-electron chi connectivity index (χ4n) is 2.88. The highest BCUT2D eigenvalue weighted by molar-refractivity contribution is 6.05. The maximum Gasteiger partial charge on any atom is 0.234 e. The molecule has 0 aliphatic carbocycles. The molecule has 0 radical (unpaired) electrons. The first-order chi connectivity index (χ1) is 11.4. The lowest BCUT2D eigenvalue weighted by Gasteiger charge is -2.15. The zero-order valence-corrected chi connectivity index (χ0v) is 14.3. The highest BCUT2D eigenvalue weighted by atomic mass is 16.2. The summed E-state index contributed by atoms with van der Waals surface area (Å²) in [6.07, 6.45) is 0.309. The molecule has 3 rings (SSSR count). The summed E-state index contributed by atoms with van der Waals surface area (Å²) in [4.78, 5) is 24.2. The van der Waals surface area contributed by atoms with Crippen LogP contribution in [0.1, 0.15) is 36.1 Å². The fourth-order valence-corrected chi connectivity index (χ4v) is 2.88. The lowest BCUT2D eigenvalue weighted by atomic mass is 9.85. The predicted octanol–water partition coefficient (Wildman–Crippen LogP) is 3.08. The Morgan fingerprint density at radius 2 is 1.75 bits per heavy atom. The maximum absolute atomic E-state index is 12.2. The number of amides is 2. The Balaban J connectivity index is 1.64. The smallest absolute Gasteiger partial charge is 0.234 e. The summed E-state index contributed by atoms with van der Waals surface area (Å²) in [6, 6.07) is 13.8. The Hall–Kier alpha value is -2.62. The Bertz CT molecular complexity index is 792. The van der Waals surface area contributed by atoms with Crippen molar-refractivity contribution in [2.24, 2.45) is 0 Å². The molecule has 0 bridgehead atoms. The second-order valence-corrected chi connectivity index (χ2v) is 6.90. The van der Waals surface area contributed by atoms with Crippen molar-refractivity contribution in [1.82, 2.24) is 5.32 Å². The van der Waals surface area contributed by atoms with E-state index >= 15 is 0 Å². The molecule has 0 spiro atoms. The molecule has 0 fully saturated rings. The summed E-state index contributed by atoms with van der Waals surface area (Å²) in [6.45, 7) is 6.36. The average molecular weight is 322 g/mol. The van der Waals surface area contributed by atoms with Gasteiger partial charge in [0, 0.05) is 12.2 Å². The number of anilines is 1. The Morgan fingerprint density at radius 3 is 2.46 bits per heavy atom. The van der Waals surface area contributed by atoms with Gasteiger partial charge in [0.25, 0.3) is 0 Å². The van der Waals surface area contributed by atoms with Crippen LogP contribution in [0.5, 0.6) is 0 Å². The van der Waals surface area contributed by atoms with E-state index in [9.17, 15) is 9.59 Å². The lowest BCUT2D eigenvalue weighted by molar-refractivity contribution is -0.121. The van der Waals surface area contributed by atoms with Crippen LogP contribution in [0.15, 0.2) is 42.5 Å². The number of carbonyl (C=O) groups excluding carboxylic acids is 2. The highest BCUT2D eigenvalue weighted by Gasteiger charge is 2.38. The molecular weight excluding hydrogens is 300 g/mol. The van der Waals surface area contributed by atoms with Crippen LogP contribution in [-0.2, 0) is 28.0 Å². The summed E-state index contributed by atoms with van der Waals surface area (Å²) in [7, 11) is 0. The average Bonchev–Trinajstić information content (AvgIpc) is 2.77. The van der Waals surface area contributed by atoms with Gasteiger partial charge in [0.05, 0.1) is 11.8 Å². The van der Waals surface area contributed by atoms with Gasteiger partial charge in [0.15, 0.2) is 0 Å². The van der Waals surface area contributed by atoms with Gasteiger partial charge in [-0.15, -0.1) is 0 Å². The van der Waals surface area contributed by atoms with Crippen molar-refractivity contribution in [3.05, 3.63) is 64.7 Å². The second-order valence-electron chi connectivity index (χ2n) is 6.90. The van der Waals surface area contributed by atoms with Gasteiger partial charge in [-0.25, -0.2) is 0 Å². The van der Waals surface area contributed by atoms with Crippen LogP contribution in [-0.4, -0.2) is 11.8 Å². The zero-order valence-electron chi connectivity index (χ0n) is 14.3. The lowest BCUT2D eigenvalue weighted by Crippen LogP contribution is -2.27. The molecule has 1 aliphatic rings. The van der Waals surface area contributed by atoms with Gasteiger partial charge in [-0.05, 0) is 43.5 Å². The minimum Gasteiger partial charge on any atom is -0.352 e. The van der Waals surface area contributed by atoms with Gasteiger partial charge in [-0.3, -0.25) is 9.59 Å². The fraction of sp³-hybridized carbons (Fsp3) is 0.300. The summed E-state index contributed by atoms with van der Waals surface area (Å²) < 4.78 is 0. The van der Waals surface area contributed by atoms with Gasteiger partial charge < -0.3 is 10.6 Å². The molecule has 0 aromatic heterocycles. The number of fused-ring (bicyclic) bond motifs is 1. The molecule has 1 heterocycles. The molecule has 24 heavy (non-hydrogen) atoms. The molecule has 124 valence electrons. The largest absolute Gasteiger partial charge is 0.352 e. The number of benzene rings is 2. The molecule has 0 atom stereocenters. The summed E-state index contributed by atoms with van der Waals surface area (Å²) in [5.74, 6) is -0.0240. The molecule has 2 aromatic rings. The number of hydrogen-bond donors (Lipinski definition) is 2. The van der Waals surface area contributed by atoms with Crippen molar-refractivity contribution >= 4 is 17.5 Å². The van der Waals surface area contributed by atoms with Crippen LogP contribution in [0.2, 0.25) is 0 Å². The minimum atomic E-state index is -0.552. The third kappa shape index (κ3) is 3.18. The number of aryl methyl sites for hydroxylation is 1. The predicted molar refractivity (Wildman–Crippen MR) is 94.8 cm³/mol. The van der Waals surface area contributed by atoms with E-state index in [-0.39, 0.29) is 11.8 Å². The Labute approximate surface area is 142 Å². The Morgan fingerprint density at radius 1 is 1.08 bits per heavy atom. The summed E-state index contributed by atoms with van der Waals surface area (Å²) in [5, 5.41) is 5.82. The first-order valence-electron chi connectivity index (χ1n) is 8.13. The van der Waals surface area contributed by atoms with Gasteiger partial charge in [0.2, 0.25) is 11.8 Å².